The van der Waals surface area contributed by atoms with Gasteiger partial charge in [-0.3, -0.25) is 4.98 Å². The van der Waals surface area contributed by atoms with Gasteiger partial charge < -0.3 is 29.2 Å². The van der Waals surface area contributed by atoms with Crippen molar-refractivity contribution in [2.45, 2.75) is 70.4 Å². The molecule has 1 amide bonds. The number of halogens is 3. The largest absolute Gasteiger partial charge is 0.486 e. The number of alkyl carbamates (subject to hydrolysis) is 1. The monoisotopic (exact) mass is 714 g/mol. The number of hydrogen-bond donors (Lipinski definition) is 1. The van der Waals surface area contributed by atoms with Crippen LogP contribution in [0.3, 0.4) is 0 Å². The quantitative estimate of drug-likeness (QED) is 0.190. The molecule has 1 unspecified atom stereocenters. The van der Waals surface area contributed by atoms with Crippen LogP contribution < -0.4 is 15.0 Å². The SMILES string of the molecule is COC(=O)C1(NC(=O)OC(C)(C)C)CN(c2ncc(-c3nn(C4CCCCO4)c4ccc(O[C@H](C)c5c(Cl)cncc5Cl)cc34)cc2F)C1. The maximum absolute atomic E-state index is 15.9. The first-order valence-corrected chi connectivity index (χ1v) is 16.6. The van der Waals surface area contributed by atoms with E-state index < -0.39 is 35.1 Å². The van der Waals surface area contributed by atoms with Crippen LogP contribution in [0.15, 0.2) is 42.9 Å². The maximum atomic E-state index is 15.9. The summed E-state index contributed by atoms with van der Waals surface area (Å²) in [5, 5.41) is 8.98. The number of esters is 1. The Morgan fingerprint density at radius 2 is 1.86 bits per heavy atom. The minimum Gasteiger partial charge on any atom is -0.486 e. The van der Waals surface area contributed by atoms with Crippen LogP contribution in [0.5, 0.6) is 5.75 Å². The lowest BCUT2D eigenvalue weighted by Crippen LogP contribution is -2.75. The fourth-order valence-corrected chi connectivity index (χ4v) is 6.79. The summed E-state index contributed by atoms with van der Waals surface area (Å²) >= 11 is 12.8. The highest BCUT2D eigenvalue weighted by atomic mass is 35.5. The van der Waals surface area contributed by atoms with Crippen LogP contribution in [0.25, 0.3) is 22.2 Å². The lowest BCUT2D eigenvalue weighted by Gasteiger charge is -2.48. The van der Waals surface area contributed by atoms with E-state index in [-0.39, 0.29) is 25.1 Å². The first-order chi connectivity index (χ1) is 23.3. The standard InChI is InChI=1S/C34H37Cl2FN6O6/c1-19(28-23(35)15-38-16-24(28)36)48-21-9-10-26-22(13-21)29(41-43(26)27-8-6-7-11-47-27)20-12-25(37)30(39-14-20)42-17-34(18-42,31(44)46-5)40-32(45)49-33(2,3)4/h9-10,12-16,19,27H,6-8,11,17-18H2,1-5H3,(H,40,45)/t19-,27?/m1/s1. The Morgan fingerprint density at radius 3 is 2.49 bits per heavy atom. The number of amides is 1. The maximum Gasteiger partial charge on any atom is 0.408 e. The molecule has 260 valence electrons. The van der Waals surface area contributed by atoms with E-state index in [0.29, 0.717) is 44.6 Å². The number of rotatable bonds is 8. The number of pyridine rings is 2. The highest BCUT2D eigenvalue weighted by Gasteiger charge is 2.53. The summed E-state index contributed by atoms with van der Waals surface area (Å²) in [4.78, 5) is 35.2. The van der Waals surface area contributed by atoms with Crippen molar-refractivity contribution in [2.75, 3.05) is 31.7 Å². The Labute approximate surface area is 292 Å². The molecule has 0 aliphatic carbocycles. The molecule has 0 bridgehead atoms. The molecule has 15 heteroatoms. The van der Waals surface area contributed by atoms with E-state index >= 15 is 4.39 Å². The van der Waals surface area contributed by atoms with Crippen molar-refractivity contribution in [1.82, 2.24) is 25.1 Å². The van der Waals surface area contributed by atoms with Gasteiger partial charge in [-0.05, 0) is 71.2 Å². The second kappa shape index (κ2) is 13.6. The Bertz CT molecular complexity index is 1870. The summed E-state index contributed by atoms with van der Waals surface area (Å²) in [5.41, 5.74) is 0.107. The lowest BCUT2D eigenvalue weighted by molar-refractivity contribution is -0.149. The van der Waals surface area contributed by atoms with Crippen LogP contribution in [-0.4, -0.2) is 69.8 Å². The number of nitrogens with one attached hydrogen (secondary N) is 1. The molecular formula is C34H37Cl2FN6O6. The molecule has 2 aliphatic rings. The molecule has 2 saturated heterocycles. The number of aromatic nitrogens is 4. The Kier molecular flexibility index (Phi) is 9.62. The fourth-order valence-electron chi connectivity index (χ4n) is 6.12. The summed E-state index contributed by atoms with van der Waals surface area (Å²) in [6.45, 7) is 7.45. The van der Waals surface area contributed by atoms with Gasteiger partial charge in [-0.2, -0.15) is 5.10 Å². The molecule has 12 nitrogen and oxygen atoms in total. The molecule has 1 aromatic carbocycles. The second-order valence-corrected chi connectivity index (χ2v) is 14.0. The van der Waals surface area contributed by atoms with Gasteiger partial charge in [0, 0.05) is 41.7 Å². The Balaban J connectivity index is 1.30. The molecule has 3 aromatic heterocycles. The average molecular weight is 716 g/mol. The van der Waals surface area contributed by atoms with Crippen molar-refractivity contribution in [3.63, 3.8) is 0 Å². The third-order valence-corrected chi connectivity index (χ3v) is 8.95. The third kappa shape index (κ3) is 7.10. The van der Waals surface area contributed by atoms with Gasteiger partial charge in [-0.1, -0.05) is 23.2 Å². The third-order valence-electron chi connectivity index (χ3n) is 8.35. The molecule has 0 radical (unpaired) electrons. The highest BCUT2D eigenvalue weighted by molar-refractivity contribution is 6.35. The molecule has 2 aliphatic heterocycles. The molecule has 6 rings (SSSR count). The zero-order valence-electron chi connectivity index (χ0n) is 27.8. The van der Waals surface area contributed by atoms with E-state index in [4.69, 9.17) is 47.2 Å². The van der Waals surface area contributed by atoms with E-state index in [0.717, 1.165) is 24.8 Å². The van der Waals surface area contributed by atoms with E-state index in [2.05, 4.69) is 15.3 Å². The van der Waals surface area contributed by atoms with Gasteiger partial charge in [-0.15, -0.1) is 0 Å². The molecular weight excluding hydrogens is 678 g/mol. The van der Waals surface area contributed by atoms with Crippen LogP contribution in [0.1, 0.15) is 64.9 Å². The van der Waals surface area contributed by atoms with Gasteiger partial charge in [0.25, 0.3) is 0 Å². The topological polar surface area (TPSA) is 130 Å². The number of hydrogen-bond acceptors (Lipinski definition) is 10. The molecule has 2 fully saturated rings. The van der Waals surface area contributed by atoms with Crippen LogP contribution in [0.2, 0.25) is 10.0 Å². The summed E-state index contributed by atoms with van der Waals surface area (Å²) < 4.78 is 40.3. The number of nitrogens with zero attached hydrogens (tertiary/aromatic N) is 5. The van der Waals surface area contributed by atoms with Gasteiger partial charge in [0.15, 0.2) is 23.4 Å². The number of carbonyl (C=O) groups excluding carboxylic acids is 2. The van der Waals surface area contributed by atoms with Crippen LogP contribution >= 0.6 is 23.2 Å². The number of ether oxygens (including phenoxy) is 4. The smallest absolute Gasteiger partial charge is 0.408 e. The van der Waals surface area contributed by atoms with E-state index in [1.165, 1.54) is 31.8 Å². The second-order valence-electron chi connectivity index (χ2n) is 13.2. The van der Waals surface area contributed by atoms with Gasteiger partial charge >= 0.3 is 12.1 Å². The number of benzene rings is 1. The van der Waals surface area contributed by atoms with Gasteiger partial charge in [-0.25, -0.2) is 23.6 Å². The van der Waals surface area contributed by atoms with Gasteiger partial charge in [0.05, 0.1) is 35.8 Å². The molecule has 49 heavy (non-hydrogen) atoms. The zero-order valence-corrected chi connectivity index (χ0v) is 29.3. The normalized spacial score (nSPS) is 18.0. The number of carbonyl (C=O) groups is 2. The van der Waals surface area contributed by atoms with Crippen molar-refractivity contribution in [2.24, 2.45) is 0 Å². The summed E-state index contributed by atoms with van der Waals surface area (Å²) in [5.74, 6) is -0.767. The van der Waals surface area contributed by atoms with Gasteiger partial charge in [0.1, 0.15) is 23.1 Å². The number of fused-ring (bicyclic) bond motifs is 1. The van der Waals surface area contributed by atoms with Crippen molar-refractivity contribution < 1.29 is 32.9 Å². The van der Waals surface area contributed by atoms with Crippen LogP contribution in [0, 0.1) is 5.82 Å². The predicted molar refractivity (Wildman–Crippen MR) is 181 cm³/mol. The lowest BCUT2D eigenvalue weighted by atomic mass is 9.89. The minimum atomic E-state index is -1.42. The van der Waals surface area contributed by atoms with E-state index in [1.807, 2.05) is 29.8 Å². The van der Waals surface area contributed by atoms with E-state index in [1.54, 1.807) is 25.7 Å². The minimum absolute atomic E-state index is 0.0116. The summed E-state index contributed by atoms with van der Waals surface area (Å²) in [6, 6.07) is 6.91. The first kappa shape index (κ1) is 34.7. The Hall–Kier alpha value is -4.20. The van der Waals surface area contributed by atoms with Gasteiger partial charge in [0.2, 0.25) is 0 Å². The van der Waals surface area contributed by atoms with Crippen LogP contribution in [0.4, 0.5) is 15.0 Å². The molecule has 0 spiro atoms. The molecule has 2 atom stereocenters. The summed E-state index contributed by atoms with van der Waals surface area (Å²) in [6.07, 6.45) is 5.72. The fraction of sp³-hybridized carbons (Fsp3) is 0.441. The van der Waals surface area contributed by atoms with Crippen LogP contribution in [-0.2, 0) is 19.0 Å². The molecule has 0 saturated carbocycles. The molecule has 1 N–H and O–H groups in total. The Morgan fingerprint density at radius 1 is 1.12 bits per heavy atom. The van der Waals surface area contributed by atoms with Crippen molar-refractivity contribution >= 4 is 52.0 Å². The number of methoxy groups -OCH3 is 1. The van der Waals surface area contributed by atoms with Crippen molar-refractivity contribution in [3.05, 3.63) is 64.3 Å². The predicted octanol–water partition coefficient (Wildman–Crippen LogP) is 7.03. The first-order valence-electron chi connectivity index (χ1n) is 15.9. The van der Waals surface area contributed by atoms with E-state index in [9.17, 15) is 9.59 Å². The van der Waals surface area contributed by atoms with Crippen molar-refractivity contribution in [1.29, 1.82) is 0 Å². The number of anilines is 1. The highest BCUT2D eigenvalue weighted by Crippen LogP contribution is 2.39. The average Bonchev–Trinajstić information content (AvgIpc) is 3.41. The molecule has 4 aromatic rings. The van der Waals surface area contributed by atoms with Crippen molar-refractivity contribution in [3.8, 4) is 17.0 Å². The summed E-state index contributed by atoms with van der Waals surface area (Å²) in [7, 11) is 1.22. The molecule has 5 heterocycles. The zero-order chi connectivity index (χ0) is 35.1.